The van der Waals surface area contributed by atoms with E-state index in [0.717, 1.165) is 0 Å². The number of nitrogen functional groups attached to an aromatic ring is 1. The maximum absolute atomic E-state index is 12.4. The van der Waals surface area contributed by atoms with Crippen molar-refractivity contribution in [1.82, 2.24) is 19.5 Å². The van der Waals surface area contributed by atoms with Crippen LogP contribution in [0.3, 0.4) is 0 Å². The first-order chi connectivity index (χ1) is 9.85. The second kappa shape index (κ2) is 6.42. The lowest BCUT2D eigenvalue weighted by Gasteiger charge is -2.11. The van der Waals surface area contributed by atoms with Gasteiger partial charge in [-0.25, -0.2) is 13.1 Å². The molecule has 0 atom stereocenters. The third kappa shape index (κ3) is 3.62. The maximum Gasteiger partial charge on any atom is 0.243 e. The molecule has 21 heavy (non-hydrogen) atoms. The normalized spacial score (nSPS) is 11.8. The second-order valence-corrected chi connectivity index (χ2v) is 7.58. The summed E-state index contributed by atoms with van der Waals surface area (Å²) in [6, 6.07) is 3.07. The van der Waals surface area contributed by atoms with Crippen LogP contribution in [0.1, 0.15) is 12.7 Å². The Morgan fingerprint density at radius 1 is 1.33 bits per heavy atom. The SMILES string of the molecule is CCn1cnnc1CNS(=O)(=O)c1c(Br)cc(N)cc1Br. The number of aromatic nitrogens is 3. The molecule has 1 aromatic heterocycles. The number of halogens is 2. The summed E-state index contributed by atoms with van der Waals surface area (Å²) in [5.74, 6) is 0.545. The van der Waals surface area contributed by atoms with Crippen LogP contribution in [-0.2, 0) is 23.1 Å². The van der Waals surface area contributed by atoms with Crippen molar-refractivity contribution in [2.75, 3.05) is 5.73 Å². The minimum absolute atomic E-state index is 0.0550. The Hall–Kier alpha value is -0.970. The topological polar surface area (TPSA) is 103 Å². The van der Waals surface area contributed by atoms with E-state index in [-0.39, 0.29) is 11.4 Å². The lowest BCUT2D eigenvalue weighted by atomic mass is 10.3. The second-order valence-electron chi connectivity index (χ2n) is 4.17. The van der Waals surface area contributed by atoms with E-state index in [2.05, 4.69) is 46.8 Å². The van der Waals surface area contributed by atoms with Gasteiger partial charge in [0.25, 0.3) is 0 Å². The number of nitrogens with two attached hydrogens (primary N) is 1. The van der Waals surface area contributed by atoms with Crippen molar-refractivity contribution in [1.29, 1.82) is 0 Å². The molecule has 2 rings (SSSR count). The fraction of sp³-hybridized carbons (Fsp3) is 0.273. The Bertz CT molecular complexity index is 737. The van der Waals surface area contributed by atoms with Crippen molar-refractivity contribution in [2.45, 2.75) is 24.9 Å². The summed E-state index contributed by atoms with van der Waals surface area (Å²) in [6.45, 7) is 2.65. The minimum Gasteiger partial charge on any atom is -0.399 e. The number of hydrogen-bond acceptors (Lipinski definition) is 5. The highest BCUT2D eigenvalue weighted by Gasteiger charge is 2.22. The molecule has 0 saturated heterocycles. The smallest absolute Gasteiger partial charge is 0.243 e. The largest absolute Gasteiger partial charge is 0.399 e. The molecule has 0 aliphatic heterocycles. The maximum atomic E-state index is 12.4. The van der Waals surface area contributed by atoms with Gasteiger partial charge in [-0.15, -0.1) is 10.2 Å². The molecule has 0 aliphatic rings. The van der Waals surface area contributed by atoms with Crippen LogP contribution in [-0.4, -0.2) is 23.2 Å². The summed E-state index contributed by atoms with van der Waals surface area (Å²) >= 11 is 6.44. The lowest BCUT2D eigenvalue weighted by Crippen LogP contribution is -2.25. The number of rotatable bonds is 5. The summed E-state index contributed by atoms with van der Waals surface area (Å²) in [4.78, 5) is 0.0965. The Morgan fingerprint density at radius 2 is 1.95 bits per heavy atom. The summed E-state index contributed by atoms with van der Waals surface area (Å²) < 4.78 is 29.9. The van der Waals surface area contributed by atoms with E-state index in [1.165, 1.54) is 12.1 Å². The van der Waals surface area contributed by atoms with Crippen molar-refractivity contribution in [3.63, 3.8) is 0 Å². The van der Waals surface area contributed by atoms with Crippen molar-refractivity contribution in [2.24, 2.45) is 0 Å². The van der Waals surface area contributed by atoms with Gasteiger partial charge < -0.3 is 10.3 Å². The summed E-state index contributed by atoms with van der Waals surface area (Å²) in [6.07, 6.45) is 1.55. The number of nitrogens with one attached hydrogen (secondary N) is 1. The predicted octanol–water partition coefficient (Wildman–Crippen LogP) is 1.88. The van der Waals surface area contributed by atoms with Gasteiger partial charge in [0.15, 0.2) is 0 Å². The van der Waals surface area contributed by atoms with Crippen LogP contribution in [0, 0.1) is 0 Å². The van der Waals surface area contributed by atoms with Gasteiger partial charge in [0.05, 0.1) is 6.54 Å². The number of hydrogen-bond donors (Lipinski definition) is 2. The molecular formula is C11H13Br2N5O2S. The zero-order valence-electron chi connectivity index (χ0n) is 11.0. The van der Waals surface area contributed by atoms with Crippen molar-refractivity contribution < 1.29 is 8.42 Å². The van der Waals surface area contributed by atoms with E-state index in [4.69, 9.17) is 5.73 Å². The highest BCUT2D eigenvalue weighted by atomic mass is 79.9. The summed E-state index contributed by atoms with van der Waals surface area (Å²) in [5.41, 5.74) is 6.12. The third-order valence-corrected chi connectivity index (χ3v) is 6.02. The fourth-order valence-electron chi connectivity index (χ4n) is 1.75. The van der Waals surface area contributed by atoms with Gasteiger partial charge in [0.2, 0.25) is 10.0 Å². The molecule has 3 N–H and O–H groups in total. The van der Waals surface area contributed by atoms with Crippen LogP contribution in [0.4, 0.5) is 5.69 Å². The van der Waals surface area contributed by atoms with E-state index in [0.29, 0.717) is 27.0 Å². The van der Waals surface area contributed by atoms with Crippen LogP contribution >= 0.6 is 31.9 Å². The summed E-state index contributed by atoms with van der Waals surface area (Å²) in [7, 11) is -3.72. The first kappa shape index (κ1) is 16.4. The third-order valence-electron chi connectivity index (χ3n) is 2.75. The number of nitrogens with zero attached hydrogens (tertiary/aromatic N) is 3. The van der Waals surface area contributed by atoms with Crippen LogP contribution in [0.25, 0.3) is 0 Å². The van der Waals surface area contributed by atoms with Gasteiger partial charge >= 0.3 is 0 Å². The van der Waals surface area contributed by atoms with Gasteiger partial charge in [0, 0.05) is 21.2 Å². The molecule has 114 valence electrons. The molecular weight excluding hydrogens is 426 g/mol. The first-order valence-electron chi connectivity index (χ1n) is 5.96. The van der Waals surface area contributed by atoms with Gasteiger partial charge in [0.1, 0.15) is 17.0 Å². The number of benzene rings is 1. The average Bonchev–Trinajstić information content (AvgIpc) is 2.82. The Morgan fingerprint density at radius 3 is 2.52 bits per heavy atom. The van der Waals surface area contributed by atoms with Crippen molar-refractivity contribution in [3.8, 4) is 0 Å². The molecule has 0 unspecified atom stereocenters. The highest BCUT2D eigenvalue weighted by molar-refractivity contribution is 9.11. The fourth-order valence-corrected chi connectivity index (χ4v) is 5.34. The first-order valence-corrected chi connectivity index (χ1v) is 9.03. The van der Waals surface area contributed by atoms with Gasteiger partial charge in [-0.05, 0) is 50.9 Å². The molecule has 0 radical (unpaired) electrons. The monoisotopic (exact) mass is 437 g/mol. The molecule has 0 saturated carbocycles. The van der Waals surface area contributed by atoms with Crippen molar-refractivity contribution >= 4 is 47.6 Å². The number of aryl methyl sites for hydroxylation is 1. The lowest BCUT2D eigenvalue weighted by molar-refractivity contribution is 0.574. The molecule has 1 heterocycles. The van der Waals surface area contributed by atoms with Crippen LogP contribution in [0.2, 0.25) is 0 Å². The van der Waals surface area contributed by atoms with Crippen LogP contribution in [0.5, 0.6) is 0 Å². The quantitative estimate of drug-likeness (QED) is 0.693. The van der Waals surface area contributed by atoms with E-state index in [9.17, 15) is 8.42 Å². The predicted molar refractivity (Wildman–Crippen MR) is 86.0 cm³/mol. The van der Waals surface area contributed by atoms with E-state index >= 15 is 0 Å². The molecule has 7 nitrogen and oxygen atoms in total. The zero-order valence-corrected chi connectivity index (χ0v) is 15.0. The zero-order chi connectivity index (χ0) is 15.6. The molecule has 0 aliphatic carbocycles. The van der Waals surface area contributed by atoms with Gasteiger partial charge in [-0.3, -0.25) is 0 Å². The van der Waals surface area contributed by atoms with E-state index in [1.807, 2.05) is 6.92 Å². The Balaban J connectivity index is 2.27. The molecule has 0 spiro atoms. The molecule has 1 aromatic carbocycles. The molecule has 0 fully saturated rings. The van der Waals surface area contributed by atoms with Crippen LogP contribution < -0.4 is 10.5 Å². The highest BCUT2D eigenvalue weighted by Crippen LogP contribution is 2.32. The Kier molecular flexibility index (Phi) is 5.02. The van der Waals surface area contributed by atoms with E-state index in [1.54, 1.807) is 10.9 Å². The molecule has 10 heteroatoms. The average molecular weight is 439 g/mol. The van der Waals surface area contributed by atoms with Crippen molar-refractivity contribution in [3.05, 3.63) is 33.2 Å². The molecule has 0 amide bonds. The number of sulfonamides is 1. The summed E-state index contributed by atoms with van der Waals surface area (Å²) in [5, 5.41) is 7.64. The Labute approximate surface area is 139 Å². The molecule has 2 aromatic rings. The van der Waals surface area contributed by atoms with Gasteiger partial charge in [-0.2, -0.15) is 0 Å². The molecule has 0 bridgehead atoms. The number of anilines is 1. The standard InChI is InChI=1S/C11H13Br2N5O2S/c1-2-18-6-15-17-10(18)5-16-21(19,20)11-8(12)3-7(14)4-9(11)13/h3-4,6,16H,2,5,14H2,1H3. The van der Waals surface area contributed by atoms with Gasteiger partial charge in [-0.1, -0.05) is 0 Å². The van der Waals surface area contributed by atoms with E-state index < -0.39 is 10.0 Å². The van der Waals surface area contributed by atoms with Crippen LogP contribution in [0.15, 0.2) is 32.3 Å². The minimum atomic E-state index is -3.72.